The van der Waals surface area contributed by atoms with E-state index in [2.05, 4.69) is 48.2 Å². The number of hydrogen-bond donors (Lipinski definition) is 1. The first-order chi connectivity index (χ1) is 10.2. The maximum atomic E-state index is 6.42. The van der Waals surface area contributed by atoms with Gasteiger partial charge in [-0.1, -0.05) is 42.5 Å². The maximum absolute atomic E-state index is 6.42. The van der Waals surface area contributed by atoms with Crippen LogP contribution in [0.25, 0.3) is 0 Å². The highest BCUT2D eigenvalue weighted by Gasteiger charge is 2.18. The second-order valence-electron chi connectivity index (χ2n) is 5.65. The lowest BCUT2D eigenvalue weighted by atomic mass is 10.0. The Morgan fingerprint density at radius 1 is 1.14 bits per heavy atom. The van der Waals surface area contributed by atoms with Gasteiger partial charge in [0.15, 0.2) is 0 Å². The number of nitrogens with two attached hydrogens (primary N) is 1. The molecule has 0 aromatic heterocycles. The van der Waals surface area contributed by atoms with Gasteiger partial charge in [-0.05, 0) is 24.1 Å². The molecule has 0 saturated carbocycles. The molecular weight excluding hydrogens is 260 g/mol. The van der Waals surface area contributed by atoms with Gasteiger partial charge in [0.2, 0.25) is 0 Å². The summed E-state index contributed by atoms with van der Waals surface area (Å²) in [5, 5.41) is 0. The van der Waals surface area contributed by atoms with E-state index in [1.54, 1.807) is 0 Å². The van der Waals surface area contributed by atoms with Crippen molar-refractivity contribution < 1.29 is 4.74 Å². The molecule has 0 fully saturated rings. The quantitative estimate of drug-likeness (QED) is 0.940. The van der Waals surface area contributed by atoms with Gasteiger partial charge in [-0.3, -0.25) is 4.90 Å². The van der Waals surface area contributed by atoms with Gasteiger partial charge in [-0.2, -0.15) is 0 Å². The summed E-state index contributed by atoms with van der Waals surface area (Å²) in [5.41, 5.74) is 10.2. The van der Waals surface area contributed by atoms with E-state index in [1.807, 2.05) is 12.1 Å². The molecule has 0 spiro atoms. The summed E-state index contributed by atoms with van der Waals surface area (Å²) < 4.78 is 5.81. The van der Waals surface area contributed by atoms with E-state index in [0.29, 0.717) is 0 Å². The number of benzene rings is 2. The summed E-state index contributed by atoms with van der Waals surface area (Å²) in [6.45, 7) is 5.50. The number of fused-ring (bicyclic) bond motifs is 1. The fourth-order valence-electron chi connectivity index (χ4n) is 2.92. The van der Waals surface area contributed by atoms with Crippen molar-refractivity contribution in [2.45, 2.75) is 19.5 Å². The lowest BCUT2D eigenvalue weighted by molar-refractivity contribution is 0.216. The topological polar surface area (TPSA) is 38.5 Å². The molecule has 3 heteroatoms. The first kappa shape index (κ1) is 14.1. The van der Waals surface area contributed by atoms with Gasteiger partial charge < -0.3 is 10.5 Å². The molecule has 2 aromatic rings. The highest BCUT2D eigenvalue weighted by molar-refractivity contribution is 5.34. The third-order valence-electron chi connectivity index (χ3n) is 4.07. The first-order valence-corrected chi connectivity index (χ1v) is 7.48. The van der Waals surface area contributed by atoms with E-state index in [4.69, 9.17) is 10.5 Å². The Kier molecular flexibility index (Phi) is 4.23. The Bertz CT molecular complexity index is 612. The molecular formula is C18H22N2O. The maximum Gasteiger partial charge on any atom is 0.123 e. The second-order valence-corrected chi connectivity index (χ2v) is 5.65. The second kappa shape index (κ2) is 6.29. The average Bonchev–Trinajstić information content (AvgIpc) is 2.69. The molecule has 0 saturated heterocycles. The number of ether oxygens (including phenoxy) is 1. The van der Waals surface area contributed by atoms with E-state index in [1.165, 1.54) is 16.7 Å². The van der Waals surface area contributed by atoms with Gasteiger partial charge in [-0.25, -0.2) is 0 Å². The third-order valence-corrected chi connectivity index (χ3v) is 4.07. The van der Waals surface area contributed by atoms with Crippen LogP contribution >= 0.6 is 0 Å². The number of rotatable bonds is 3. The molecule has 1 unspecified atom stereocenters. The Morgan fingerprint density at radius 3 is 2.76 bits per heavy atom. The van der Waals surface area contributed by atoms with Crippen molar-refractivity contribution in [1.82, 2.24) is 4.90 Å². The summed E-state index contributed by atoms with van der Waals surface area (Å²) in [7, 11) is 0. The van der Waals surface area contributed by atoms with E-state index in [-0.39, 0.29) is 6.04 Å². The van der Waals surface area contributed by atoms with Crippen LogP contribution in [0, 0.1) is 6.92 Å². The van der Waals surface area contributed by atoms with Crippen LogP contribution in [0.15, 0.2) is 48.5 Å². The van der Waals surface area contributed by atoms with Crippen LogP contribution in [0.2, 0.25) is 0 Å². The molecule has 110 valence electrons. The summed E-state index contributed by atoms with van der Waals surface area (Å²) in [5.74, 6) is 1.00. The number of nitrogens with zero attached hydrogens (tertiary/aromatic N) is 1. The van der Waals surface area contributed by atoms with E-state index >= 15 is 0 Å². The zero-order valence-corrected chi connectivity index (χ0v) is 12.5. The summed E-state index contributed by atoms with van der Waals surface area (Å²) in [6, 6.07) is 16.7. The van der Waals surface area contributed by atoms with Crippen molar-refractivity contribution in [2.24, 2.45) is 5.73 Å². The minimum Gasteiger partial charge on any atom is -0.492 e. The van der Waals surface area contributed by atoms with E-state index in [0.717, 1.165) is 32.0 Å². The molecule has 1 aliphatic rings. The van der Waals surface area contributed by atoms with Crippen LogP contribution in [0.3, 0.4) is 0 Å². The lowest BCUT2D eigenvalue weighted by Crippen LogP contribution is -2.33. The van der Waals surface area contributed by atoms with Gasteiger partial charge in [0.25, 0.3) is 0 Å². The molecule has 0 bridgehead atoms. The minimum absolute atomic E-state index is 0.0384. The summed E-state index contributed by atoms with van der Waals surface area (Å²) in [4.78, 5) is 2.38. The van der Waals surface area contributed by atoms with Gasteiger partial charge in [0, 0.05) is 31.2 Å². The predicted molar refractivity (Wildman–Crippen MR) is 85.3 cm³/mol. The van der Waals surface area contributed by atoms with Crippen molar-refractivity contribution in [1.29, 1.82) is 0 Å². The number of aryl methyl sites for hydroxylation is 1. The molecule has 1 heterocycles. The summed E-state index contributed by atoms with van der Waals surface area (Å²) in [6.07, 6.45) is 0. The molecule has 2 N–H and O–H groups in total. The smallest absolute Gasteiger partial charge is 0.123 e. The standard InChI is InChI=1S/C18H22N2O/c1-14-6-2-4-8-16(14)17(19)13-20-10-11-21-18-9-5-3-7-15(18)12-20/h2-9,17H,10-13,19H2,1H3. The number of hydrogen-bond acceptors (Lipinski definition) is 3. The third kappa shape index (κ3) is 3.26. The van der Waals surface area contributed by atoms with Crippen LogP contribution in [0.5, 0.6) is 5.75 Å². The highest BCUT2D eigenvalue weighted by Crippen LogP contribution is 2.24. The molecule has 0 amide bonds. The molecule has 2 aromatic carbocycles. The van der Waals surface area contributed by atoms with Crippen LogP contribution in [0.1, 0.15) is 22.7 Å². The van der Waals surface area contributed by atoms with Crippen molar-refractivity contribution in [3.63, 3.8) is 0 Å². The normalized spacial score (nSPS) is 16.7. The van der Waals surface area contributed by atoms with E-state index < -0.39 is 0 Å². The van der Waals surface area contributed by atoms with Gasteiger partial charge in [0.05, 0.1) is 0 Å². The monoisotopic (exact) mass is 282 g/mol. The highest BCUT2D eigenvalue weighted by atomic mass is 16.5. The Labute approximate surface area is 126 Å². The van der Waals surface area contributed by atoms with Crippen LogP contribution in [-0.2, 0) is 6.54 Å². The van der Waals surface area contributed by atoms with Gasteiger partial charge in [0.1, 0.15) is 12.4 Å². The molecule has 0 radical (unpaired) electrons. The van der Waals surface area contributed by atoms with Crippen LogP contribution < -0.4 is 10.5 Å². The van der Waals surface area contributed by atoms with Crippen LogP contribution in [-0.4, -0.2) is 24.6 Å². The van der Waals surface area contributed by atoms with Gasteiger partial charge >= 0.3 is 0 Å². The minimum atomic E-state index is 0.0384. The van der Waals surface area contributed by atoms with Crippen LogP contribution in [0.4, 0.5) is 0 Å². The largest absolute Gasteiger partial charge is 0.492 e. The van der Waals surface area contributed by atoms with Gasteiger partial charge in [-0.15, -0.1) is 0 Å². The molecule has 0 aliphatic carbocycles. The first-order valence-electron chi connectivity index (χ1n) is 7.48. The fraction of sp³-hybridized carbons (Fsp3) is 0.333. The van der Waals surface area contributed by atoms with Crippen molar-refractivity contribution >= 4 is 0 Å². The Hall–Kier alpha value is -1.84. The Balaban J connectivity index is 1.72. The molecule has 1 aliphatic heterocycles. The lowest BCUT2D eigenvalue weighted by Gasteiger charge is -2.24. The number of para-hydroxylation sites is 1. The Morgan fingerprint density at radius 2 is 1.90 bits per heavy atom. The zero-order valence-electron chi connectivity index (χ0n) is 12.5. The SMILES string of the molecule is Cc1ccccc1C(N)CN1CCOc2ccccc2C1. The van der Waals surface area contributed by atoms with Crippen molar-refractivity contribution in [3.8, 4) is 5.75 Å². The van der Waals surface area contributed by atoms with Crippen molar-refractivity contribution in [2.75, 3.05) is 19.7 Å². The molecule has 1 atom stereocenters. The predicted octanol–water partition coefficient (Wildman–Crippen LogP) is 2.89. The fourth-order valence-corrected chi connectivity index (χ4v) is 2.92. The van der Waals surface area contributed by atoms with E-state index in [9.17, 15) is 0 Å². The molecule has 21 heavy (non-hydrogen) atoms. The molecule has 3 nitrogen and oxygen atoms in total. The molecule has 3 rings (SSSR count). The zero-order chi connectivity index (χ0) is 14.7. The summed E-state index contributed by atoms with van der Waals surface area (Å²) >= 11 is 0. The van der Waals surface area contributed by atoms with Crippen molar-refractivity contribution in [3.05, 3.63) is 65.2 Å². The average molecular weight is 282 g/mol.